The summed E-state index contributed by atoms with van der Waals surface area (Å²) in [7, 11) is 0. The number of ketones is 1. The number of hydrogen-bond donors (Lipinski definition) is 1. The van der Waals surface area contributed by atoms with E-state index in [0.717, 1.165) is 67.1 Å². The molecule has 2 aliphatic rings. The highest BCUT2D eigenvalue weighted by atomic mass is 16.5. The molecule has 2 aromatic rings. The summed E-state index contributed by atoms with van der Waals surface area (Å²) in [5.41, 5.74) is 3.83. The van der Waals surface area contributed by atoms with Gasteiger partial charge in [-0.1, -0.05) is 0 Å². The van der Waals surface area contributed by atoms with E-state index < -0.39 is 0 Å². The minimum Gasteiger partial charge on any atom is -0.469 e. The summed E-state index contributed by atoms with van der Waals surface area (Å²) in [5, 5.41) is 2.96. The molecule has 1 atom stereocenters. The Morgan fingerprint density at radius 1 is 1.32 bits per heavy atom. The van der Waals surface area contributed by atoms with E-state index in [2.05, 4.69) is 9.88 Å². The van der Waals surface area contributed by atoms with E-state index in [1.165, 1.54) is 0 Å². The zero-order chi connectivity index (χ0) is 19.5. The number of furan rings is 1. The molecule has 1 amide bonds. The maximum atomic E-state index is 12.7. The van der Waals surface area contributed by atoms with Gasteiger partial charge in [0.1, 0.15) is 5.76 Å². The number of Topliss-reactive ketones (excluding diaryl/α,β-unsaturated/α-hetero) is 1. The van der Waals surface area contributed by atoms with Crippen molar-refractivity contribution in [1.82, 2.24) is 9.88 Å². The van der Waals surface area contributed by atoms with Crippen molar-refractivity contribution in [3.8, 4) is 0 Å². The second-order valence-corrected chi connectivity index (χ2v) is 7.76. The lowest BCUT2D eigenvalue weighted by Crippen LogP contribution is -2.28. The van der Waals surface area contributed by atoms with Crippen LogP contribution in [0.3, 0.4) is 0 Å². The molecule has 6 nitrogen and oxygen atoms in total. The Morgan fingerprint density at radius 3 is 2.96 bits per heavy atom. The van der Waals surface area contributed by atoms with Crippen LogP contribution in [0.4, 0.5) is 0 Å². The van der Waals surface area contributed by atoms with Crippen molar-refractivity contribution in [2.75, 3.05) is 13.2 Å². The smallest absolute Gasteiger partial charge is 0.224 e. The molecule has 150 valence electrons. The number of hydrogen-bond acceptors (Lipinski definition) is 4. The molecule has 2 aromatic heterocycles. The van der Waals surface area contributed by atoms with E-state index in [9.17, 15) is 9.59 Å². The van der Waals surface area contributed by atoms with Gasteiger partial charge >= 0.3 is 0 Å². The number of rotatable bonds is 7. The normalized spacial score (nSPS) is 19.0. The number of ether oxygens (including phenoxy) is 1. The van der Waals surface area contributed by atoms with Crippen LogP contribution in [-0.2, 0) is 35.3 Å². The molecule has 0 bridgehead atoms. The average Bonchev–Trinajstić information content (AvgIpc) is 3.41. The summed E-state index contributed by atoms with van der Waals surface area (Å²) in [6, 6.07) is 3.74. The Hall–Kier alpha value is -2.34. The summed E-state index contributed by atoms with van der Waals surface area (Å²) < 4.78 is 13.4. The van der Waals surface area contributed by atoms with Crippen LogP contribution in [0.5, 0.6) is 0 Å². The van der Waals surface area contributed by atoms with E-state index in [1.807, 2.05) is 19.1 Å². The highest BCUT2D eigenvalue weighted by Gasteiger charge is 2.30. The number of amides is 1. The van der Waals surface area contributed by atoms with E-state index in [0.29, 0.717) is 19.4 Å². The monoisotopic (exact) mass is 384 g/mol. The van der Waals surface area contributed by atoms with Gasteiger partial charge in [-0.3, -0.25) is 9.59 Å². The van der Waals surface area contributed by atoms with Gasteiger partial charge in [-0.15, -0.1) is 0 Å². The molecule has 1 aliphatic heterocycles. The second kappa shape index (κ2) is 8.35. The lowest BCUT2D eigenvalue weighted by Gasteiger charge is -2.18. The molecule has 0 saturated carbocycles. The fraction of sp³-hybridized carbons (Fsp3) is 0.545. The number of fused-ring (bicyclic) bond motifs is 1. The fourth-order valence-electron chi connectivity index (χ4n) is 4.44. The van der Waals surface area contributed by atoms with Crippen molar-refractivity contribution in [3.05, 3.63) is 46.7 Å². The van der Waals surface area contributed by atoms with Gasteiger partial charge in [0.25, 0.3) is 0 Å². The minimum absolute atomic E-state index is 0.0508. The molecular weight excluding hydrogens is 356 g/mol. The van der Waals surface area contributed by atoms with Crippen molar-refractivity contribution < 1.29 is 18.7 Å². The first kappa shape index (κ1) is 19.0. The van der Waals surface area contributed by atoms with Crippen molar-refractivity contribution in [2.45, 2.75) is 64.5 Å². The molecule has 1 aliphatic carbocycles. The zero-order valence-corrected chi connectivity index (χ0v) is 16.5. The first-order chi connectivity index (χ1) is 13.6. The number of nitrogens with one attached hydrogen (secondary N) is 1. The van der Waals surface area contributed by atoms with E-state index >= 15 is 0 Å². The van der Waals surface area contributed by atoms with E-state index in [4.69, 9.17) is 9.15 Å². The van der Waals surface area contributed by atoms with Gasteiger partial charge < -0.3 is 19.0 Å². The van der Waals surface area contributed by atoms with Gasteiger partial charge in [0.05, 0.1) is 18.8 Å². The molecule has 0 spiro atoms. The predicted octanol–water partition coefficient (Wildman–Crippen LogP) is 2.99. The largest absolute Gasteiger partial charge is 0.469 e. The summed E-state index contributed by atoms with van der Waals surface area (Å²) in [5.74, 6) is 0.977. The first-order valence-corrected chi connectivity index (χ1v) is 10.3. The highest BCUT2D eigenvalue weighted by molar-refractivity contribution is 6.01. The van der Waals surface area contributed by atoms with Crippen LogP contribution in [0.1, 0.15) is 58.8 Å². The lowest BCUT2D eigenvalue weighted by molar-refractivity contribution is -0.120. The molecule has 1 N–H and O–H groups in total. The molecule has 0 radical (unpaired) electrons. The van der Waals surface area contributed by atoms with Gasteiger partial charge in [0.2, 0.25) is 5.91 Å². The second-order valence-electron chi connectivity index (χ2n) is 7.76. The summed E-state index contributed by atoms with van der Waals surface area (Å²) in [4.78, 5) is 25.2. The number of aromatic nitrogens is 1. The van der Waals surface area contributed by atoms with Crippen LogP contribution in [0.2, 0.25) is 0 Å². The molecular formula is C22H28N2O4. The third-order valence-corrected chi connectivity index (χ3v) is 5.88. The molecule has 1 unspecified atom stereocenters. The number of carbonyl (C=O) groups is 2. The molecule has 1 fully saturated rings. The van der Waals surface area contributed by atoms with Gasteiger partial charge in [-0.2, -0.15) is 0 Å². The van der Waals surface area contributed by atoms with Crippen LogP contribution < -0.4 is 5.32 Å². The van der Waals surface area contributed by atoms with E-state index in [-0.39, 0.29) is 24.2 Å². The first-order valence-electron chi connectivity index (χ1n) is 10.3. The predicted molar refractivity (Wildman–Crippen MR) is 105 cm³/mol. The zero-order valence-electron chi connectivity index (χ0n) is 16.5. The third kappa shape index (κ3) is 3.92. The SMILES string of the molecule is Cc1c(CC(=O)NCCc2ccco2)c2c(n1CC1CCCO1)CCCC2=O. The minimum atomic E-state index is -0.0508. The van der Waals surface area contributed by atoms with E-state index in [1.54, 1.807) is 6.26 Å². The quantitative estimate of drug-likeness (QED) is 0.796. The molecule has 28 heavy (non-hydrogen) atoms. The van der Waals surface area contributed by atoms with Crippen molar-refractivity contribution in [3.63, 3.8) is 0 Å². The molecule has 0 aromatic carbocycles. The Labute approximate surface area is 165 Å². The average molecular weight is 384 g/mol. The Kier molecular flexibility index (Phi) is 5.67. The maximum Gasteiger partial charge on any atom is 0.224 e. The summed E-state index contributed by atoms with van der Waals surface area (Å²) >= 11 is 0. The molecule has 4 rings (SSSR count). The number of carbonyl (C=O) groups excluding carboxylic acids is 2. The van der Waals surface area contributed by atoms with Crippen molar-refractivity contribution in [2.24, 2.45) is 0 Å². The van der Waals surface area contributed by atoms with Crippen LogP contribution in [0.25, 0.3) is 0 Å². The van der Waals surface area contributed by atoms with Crippen LogP contribution in [0, 0.1) is 6.92 Å². The van der Waals surface area contributed by atoms with Gasteiger partial charge in [-0.25, -0.2) is 0 Å². The van der Waals surface area contributed by atoms with Gasteiger partial charge in [0.15, 0.2) is 5.78 Å². The van der Waals surface area contributed by atoms with Crippen LogP contribution in [-0.4, -0.2) is 35.5 Å². The number of nitrogens with zero attached hydrogens (tertiary/aromatic N) is 1. The highest BCUT2D eigenvalue weighted by Crippen LogP contribution is 2.31. The van der Waals surface area contributed by atoms with Gasteiger partial charge in [-0.05, 0) is 50.3 Å². The Balaban J connectivity index is 1.49. The molecule has 3 heterocycles. The van der Waals surface area contributed by atoms with Crippen LogP contribution >= 0.6 is 0 Å². The Bertz CT molecular complexity index is 845. The summed E-state index contributed by atoms with van der Waals surface area (Å²) in [6.07, 6.45) is 7.26. The fourth-order valence-corrected chi connectivity index (χ4v) is 4.44. The van der Waals surface area contributed by atoms with Crippen molar-refractivity contribution >= 4 is 11.7 Å². The third-order valence-electron chi connectivity index (χ3n) is 5.88. The summed E-state index contributed by atoms with van der Waals surface area (Å²) in [6.45, 7) is 4.16. The topological polar surface area (TPSA) is 73.5 Å². The van der Waals surface area contributed by atoms with Crippen molar-refractivity contribution in [1.29, 1.82) is 0 Å². The molecule has 6 heteroatoms. The molecule has 1 saturated heterocycles. The van der Waals surface area contributed by atoms with Gasteiger partial charge in [0, 0.05) is 49.5 Å². The lowest BCUT2D eigenvalue weighted by atomic mass is 9.92. The standard InChI is InChI=1S/C22H28N2O4/c1-15-18(13-21(26)23-10-9-16-5-3-11-27-16)22-19(7-2-8-20(22)25)24(15)14-17-6-4-12-28-17/h3,5,11,17H,2,4,6-10,12-14H2,1H3,(H,23,26). The maximum absolute atomic E-state index is 12.7. The Morgan fingerprint density at radius 2 is 2.21 bits per heavy atom. The van der Waals surface area contributed by atoms with Crippen LogP contribution in [0.15, 0.2) is 22.8 Å².